The maximum absolute atomic E-state index is 11.8. The van der Waals surface area contributed by atoms with Crippen molar-refractivity contribution in [3.8, 4) is 11.4 Å². The highest BCUT2D eigenvalue weighted by atomic mass is 16.6. The van der Waals surface area contributed by atoms with Crippen LogP contribution in [0.3, 0.4) is 0 Å². The third-order valence-corrected chi connectivity index (χ3v) is 3.94. The Morgan fingerprint density at radius 2 is 2.19 bits per heavy atom. The van der Waals surface area contributed by atoms with Gasteiger partial charge >= 0.3 is 0 Å². The number of benzene rings is 1. The molecule has 26 heavy (non-hydrogen) atoms. The van der Waals surface area contributed by atoms with Crippen molar-refractivity contribution in [2.45, 2.75) is 18.9 Å². The molecule has 1 aliphatic heterocycles. The lowest BCUT2D eigenvalue weighted by Gasteiger charge is -2.08. The van der Waals surface area contributed by atoms with Crippen molar-refractivity contribution < 1.29 is 14.5 Å². The number of ether oxygens (including phenoxy) is 1. The van der Waals surface area contributed by atoms with E-state index in [1.165, 1.54) is 18.2 Å². The standard InChI is InChI=1S/C18H18N4O4/c23-17(19-12-16-5-2-8-26-16)7-6-13-10-20-18(21-11-13)14-3-1-4-15(9-14)22(24)25/h1,3-4,6-7,9-11,16H,2,5,8,12H2,(H,19,23)/b7-6+/t16-/m0/s1. The quantitative estimate of drug-likeness (QED) is 0.485. The molecule has 0 unspecified atom stereocenters. The van der Waals surface area contributed by atoms with Crippen molar-refractivity contribution in [1.82, 2.24) is 15.3 Å². The average molecular weight is 354 g/mol. The molecule has 1 aliphatic rings. The summed E-state index contributed by atoms with van der Waals surface area (Å²) in [4.78, 5) is 30.6. The van der Waals surface area contributed by atoms with Gasteiger partial charge in [-0.15, -0.1) is 0 Å². The minimum absolute atomic E-state index is 0.0158. The van der Waals surface area contributed by atoms with Gasteiger partial charge in [-0.2, -0.15) is 0 Å². The van der Waals surface area contributed by atoms with E-state index in [9.17, 15) is 14.9 Å². The summed E-state index contributed by atoms with van der Waals surface area (Å²) >= 11 is 0. The number of aromatic nitrogens is 2. The Bertz CT molecular complexity index is 814. The highest BCUT2D eigenvalue weighted by Crippen LogP contribution is 2.20. The predicted molar refractivity (Wildman–Crippen MR) is 95.1 cm³/mol. The van der Waals surface area contributed by atoms with Crippen molar-refractivity contribution >= 4 is 17.7 Å². The number of amides is 1. The summed E-state index contributed by atoms with van der Waals surface area (Å²) in [7, 11) is 0. The predicted octanol–water partition coefficient (Wildman–Crippen LogP) is 2.36. The first-order chi connectivity index (χ1) is 12.6. The Balaban J connectivity index is 1.59. The fourth-order valence-corrected chi connectivity index (χ4v) is 2.58. The van der Waals surface area contributed by atoms with Crippen molar-refractivity contribution in [3.63, 3.8) is 0 Å². The molecule has 0 bridgehead atoms. The lowest BCUT2D eigenvalue weighted by molar-refractivity contribution is -0.384. The summed E-state index contributed by atoms with van der Waals surface area (Å²) in [6, 6.07) is 6.12. The Kier molecular flexibility index (Phi) is 5.65. The second kappa shape index (κ2) is 8.30. The number of carbonyl (C=O) groups is 1. The van der Waals surface area contributed by atoms with Crippen LogP contribution in [0.4, 0.5) is 5.69 Å². The molecule has 134 valence electrons. The van der Waals surface area contributed by atoms with Crippen LogP contribution in [0, 0.1) is 10.1 Å². The number of non-ortho nitro benzene ring substituents is 1. The summed E-state index contributed by atoms with van der Waals surface area (Å²) in [5.41, 5.74) is 1.20. The van der Waals surface area contributed by atoms with E-state index >= 15 is 0 Å². The number of hydrogen-bond donors (Lipinski definition) is 1. The number of nitro benzene ring substituents is 1. The maximum Gasteiger partial charge on any atom is 0.270 e. The summed E-state index contributed by atoms with van der Waals surface area (Å²) in [5.74, 6) is 0.178. The number of nitrogens with zero attached hydrogens (tertiary/aromatic N) is 3. The normalized spacial score (nSPS) is 16.7. The first-order valence-corrected chi connectivity index (χ1v) is 8.26. The minimum Gasteiger partial charge on any atom is -0.376 e. The van der Waals surface area contributed by atoms with Crippen LogP contribution in [-0.4, -0.2) is 40.1 Å². The Morgan fingerprint density at radius 1 is 1.38 bits per heavy atom. The highest BCUT2D eigenvalue weighted by Gasteiger charge is 2.15. The van der Waals surface area contributed by atoms with Crippen LogP contribution in [0.25, 0.3) is 17.5 Å². The lowest BCUT2D eigenvalue weighted by atomic mass is 10.2. The van der Waals surface area contributed by atoms with Crippen LogP contribution >= 0.6 is 0 Å². The van der Waals surface area contributed by atoms with Gasteiger partial charge in [0.15, 0.2) is 5.82 Å². The highest BCUT2D eigenvalue weighted by molar-refractivity contribution is 5.91. The summed E-state index contributed by atoms with van der Waals surface area (Å²) in [5, 5.41) is 13.6. The topological polar surface area (TPSA) is 107 Å². The third-order valence-electron chi connectivity index (χ3n) is 3.94. The van der Waals surface area contributed by atoms with E-state index in [1.54, 1.807) is 30.6 Å². The van der Waals surface area contributed by atoms with Gasteiger partial charge < -0.3 is 10.1 Å². The summed E-state index contributed by atoms with van der Waals surface area (Å²) in [6.07, 6.45) is 8.25. The SMILES string of the molecule is O=C(/C=C/c1cnc(-c2cccc([N+](=O)[O-])c2)nc1)NC[C@@H]1CCCO1. The zero-order chi connectivity index (χ0) is 18.4. The average Bonchev–Trinajstić information content (AvgIpc) is 3.19. The molecule has 1 N–H and O–H groups in total. The second-order valence-electron chi connectivity index (χ2n) is 5.86. The van der Waals surface area contributed by atoms with Crippen LogP contribution in [0.1, 0.15) is 18.4 Å². The molecule has 1 saturated heterocycles. The number of hydrogen-bond acceptors (Lipinski definition) is 6. The third kappa shape index (κ3) is 4.70. The van der Waals surface area contributed by atoms with Gasteiger partial charge in [0, 0.05) is 54.9 Å². The van der Waals surface area contributed by atoms with E-state index in [4.69, 9.17) is 4.74 Å². The monoisotopic (exact) mass is 354 g/mol. The van der Waals surface area contributed by atoms with E-state index in [-0.39, 0.29) is 17.7 Å². The molecule has 2 aromatic rings. The van der Waals surface area contributed by atoms with E-state index in [0.29, 0.717) is 23.5 Å². The fraction of sp³-hybridized carbons (Fsp3) is 0.278. The molecule has 8 nitrogen and oxygen atoms in total. The molecule has 1 atom stereocenters. The first kappa shape index (κ1) is 17.7. The van der Waals surface area contributed by atoms with Gasteiger partial charge in [0.25, 0.3) is 5.69 Å². The summed E-state index contributed by atoms with van der Waals surface area (Å²) < 4.78 is 5.44. The van der Waals surface area contributed by atoms with Crippen molar-refractivity contribution in [2.75, 3.05) is 13.2 Å². The zero-order valence-electron chi connectivity index (χ0n) is 14.0. The van der Waals surface area contributed by atoms with E-state index in [0.717, 1.165) is 19.4 Å². The smallest absolute Gasteiger partial charge is 0.270 e. The first-order valence-electron chi connectivity index (χ1n) is 8.26. The second-order valence-corrected chi connectivity index (χ2v) is 5.86. The van der Waals surface area contributed by atoms with Gasteiger partial charge in [0.1, 0.15) is 0 Å². The van der Waals surface area contributed by atoms with Crippen LogP contribution in [0.5, 0.6) is 0 Å². The van der Waals surface area contributed by atoms with Crippen LogP contribution in [-0.2, 0) is 9.53 Å². The van der Waals surface area contributed by atoms with Gasteiger partial charge in [-0.1, -0.05) is 12.1 Å². The molecular formula is C18H18N4O4. The Hall–Kier alpha value is -3.13. The van der Waals surface area contributed by atoms with Crippen molar-refractivity contribution in [1.29, 1.82) is 0 Å². The largest absolute Gasteiger partial charge is 0.376 e. The summed E-state index contributed by atoms with van der Waals surface area (Å²) in [6.45, 7) is 1.26. The molecule has 3 rings (SSSR count). The molecule has 1 aromatic carbocycles. The zero-order valence-corrected chi connectivity index (χ0v) is 14.0. The van der Waals surface area contributed by atoms with E-state index in [1.807, 2.05) is 0 Å². The maximum atomic E-state index is 11.8. The number of rotatable bonds is 6. The minimum atomic E-state index is -0.462. The molecular weight excluding hydrogens is 336 g/mol. The van der Waals surface area contributed by atoms with E-state index < -0.39 is 4.92 Å². The van der Waals surface area contributed by atoms with Gasteiger partial charge in [-0.25, -0.2) is 9.97 Å². The molecule has 2 heterocycles. The molecule has 0 spiro atoms. The fourth-order valence-electron chi connectivity index (χ4n) is 2.58. The van der Waals surface area contributed by atoms with Crippen LogP contribution in [0.15, 0.2) is 42.7 Å². The molecule has 1 aromatic heterocycles. The Labute approximate surface area is 150 Å². The number of nitrogens with one attached hydrogen (secondary N) is 1. The number of nitro groups is 1. The van der Waals surface area contributed by atoms with Gasteiger partial charge in [-0.3, -0.25) is 14.9 Å². The van der Waals surface area contributed by atoms with Gasteiger partial charge in [0.2, 0.25) is 5.91 Å². The molecule has 1 fully saturated rings. The van der Waals surface area contributed by atoms with Crippen molar-refractivity contribution in [3.05, 3.63) is 58.4 Å². The molecule has 8 heteroatoms. The molecule has 1 amide bonds. The van der Waals surface area contributed by atoms with Gasteiger partial charge in [0.05, 0.1) is 11.0 Å². The lowest BCUT2D eigenvalue weighted by Crippen LogP contribution is -2.30. The Morgan fingerprint density at radius 3 is 2.88 bits per heavy atom. The molecule has 0 radical (unpaired) electrons. The van der Waals surface area contributed by atoms with Crippen molar-refractivity contribution in [2.24, 2.45) is 0 Å². The van der Waals surface area contributed by atoms with Crippen LogP contribution in [0.2, 0.25) is 0 Å². The van der Waals surface area contributed by atoms with Gasteiger partial charge in [-0.05, 0) is 18.9 Å². The molecule has 0 saturated carbocycles. The van der Waals surface area contributed by atoms with E-state index in [2.05, 4.69) is 15.3 Å². The molecule has 0 aliphatic carbocycles. The number of carbonyl (C=O) groups excluding carboxylic acids is 1. The van der Waals surface area contributed by atoms with Crippen LogP contribution < -0.4 is 5.32 Å².